The van der Waals surface area contributed by atoms with E-state index in [1.807, 2.05) is 0 Å². The van der Waals surface area contributed by atoms with Gasteiger partial charge in [-0.05, 0) is 26.1 Å². The van der Waals surface area contributed by atoms with Crippen LogP contribution in [0.15, 0.2) is 42.5 Å². The molecule has 25 heavy (non-hydrogen) atoms. The highest BCUT2D eigenvalue weighted by Crippen LogP contribution is 2.27. The van der Waals surface area contributed by atoms with Crippen molar-refractivity contribution < 1.29 is 14.1 Å². The first-order chi connectivity index (χ1) is 11.8. The molecule has 0 heterocycles. The number of nitrogens with one attached hydrogen (secondary N) is 1. The Kier molecular flexibility index (Phi) is 6.06. The Bertz CT molecular complexity index is 800. The molecule has 0 bridgehead atoms. The predicted molar refractivity (Wildman–Crippen MR) is 94.1 cm³/mol. The van der Waals surface area contributed by atoms with Gasteiger partial charge in [0.25, 0.3) is 5.69 Å². The fraction of sp³-hybridized carbons (Fsp3) is 0.235. The van der Waals surface area contributed by atoms with Crippen LogP contribution in [0.4, 0.5) is 15.8 Å². The SMILES string of the molecule is CC(C(=O)Nc1cc([N+](=O)[O-])ccc1Cl)N(C)Cc1ccccc1F. The molecule has 1 N–H and O–H groups in total. The van der Waals surface area contributed by atoms with E-state index in [0.717, 1.165) is 0 Å². The number of hydrogen-bond acceptors (Lipinski definition) is 4. The van der Waals surface area contributed by atoms with Gasteiger partial charge in [-0.1, -0.05) is 29.8 Å². The first kappa shape index (κ1) is 18.8. The molecule has 0 radical (unpaired) electrons. The number of amides is 1. The largest absolute Gasteiger partial charge is 0.323 e. The minimum absolute atomic E-state index is 0.159. The second-order valence-corrected chi connectivity index (χ2v) is 6.00. The number of likely N-dealkylation sites (N-methyl/N-ethyl adjacent to an activating group) is 1. The van der Waals surface area contributed by atoms with Crippen LogP contribution in [0.5, 0.6) is 0 Å². The van der Waals surface area contributed by atoms with Crippen LogP contribution in [0.2, 0.25) is 5.02 Å². The van der Waals surface area contributed by atoms with E-state index in [1.54, 1.807) is 37.1 Å². The normalized spacial score (nSPS) is 12.0. The third kappa shape index (κ3) is 4.74. The Morgan fingerprint density at radius 2 is 2.04 bits per heavy atom. The number of nitro benzene ring substituents is 1. The van der Waals surface area contributed by atoms with Crippen molar-refractivity contribution in [3.05, 3.63) is 69.0 Å². The van der Waals surface area contributed by atoms with Gasteiger partial charge >= 0.3 is 0 Å². The Hall–Kier alpha value is -2.51. The lowest BCUT2D eigenvalue weighted by Gasteiger charge is -2.24. The second-order valence-electron chi connectivity index (χ2n) is 5.59. The molecule has 0 saturated carbocycles. The quantitative estimate of drug-likeness (QED) is 0.623. The number of anilines is 1. The molecule has 1 unspecified atom stereocenters. The van der Waals surface area contributed by atoms with Gasteiger partial charge in [0.15, 0.2) is 0 Å². The third-order valence-corrected chi connectivity index (χ3v) is 4.17. The summed E-state index contributed by atoms with van der Waals surface area (Å²) in [5.74, 6) is -0.745. The van der Waals surface area contributed by atoms with Crippen LogP contribution in [-0.4, -0.2) is 28.8 Å². The average molecular weight is 366 g/mol. The van der Waals surface area contributed by atoms with Crippen molar-refractivity contribution in [2.45, 2.75) is 19.5 Å². The molecule has 1 amide bonds. The van der Waals surface area contributed by atoms with E-state index in [1.165, 1.54) is 24.3 Å². The molecule has 6 nitrogen and oxygen atoms in total. The summed E-state index contributed by atoms with van der Waals surface area (Å²) in [5.41, 5.74) is 0.456. The van der Waals surface area contributed by atoms with Gasteiger partial charge in [0, 0.05) is 24.2 Å². The predicted octanol–water partition coefficient (Wildman–Crippen LogP) is 3.85. The summed E-state index contributed by atoms with van der Waals surface area (Å²) in [4.78, 5) is 24.3. The summed E-state index contributed by atoms with van der Waals surface area (Å²) in [5, 5.41) is 13.6. The van der Waals surface area contributed by atoms with Gasteiger partial charge < -0.3 is 5.32 Å². The lowest BCUT2D eigenvalue weighted by molar-refractivity contribution is -0.384. The van der Waals surface area contributed by atoms with Crippen molar-refractivity contribution in [2.24, 2.45) is 0 Å². The lowest BCUT2D eigenvalue weighted by Crippen LogP contribution is -2.39. The number of benzene rings is 2. The Morgan fingerprint density at radius 3 is 2.68 bits per heavy atom. The molecule has 0 spiro atoms. The smallest absolute Gasteiger partial charge is 0.271 e. The molecule has 1 atom stereocenters. The highest BCUT2D eigenvalue weighted by molar-refractivity contribution is 6.33. The van der Waals surface area contributed by atoms with Gasteiger partial charge in [-0.25, -0.2) is 4.39 Å². The van der Waals surface area contributed by atoms with Crippen LogP contribution >= 0.6 is 11.6 Å². The molecule has 0 aliphatic rings. The summed E-state index contributed by atoms with van der Waals surface area (Å²) in [6.45, 7) is 1.89. The zero-order valence-electron chi connectivity index (χ0n) is 13.7. The maximum atomic E-state index is 13.7. The summed E-state index contributed by atoms with van der Waals surface area (Å²) in [6.07, 6.45) is 0. The van der Waals surface area contributed by atoms with Crippen molar-refractivity contribution in [3.8, 4) is 0 Å². The van der Waals surface area contributed by atoms with Crippen LogP contribution in [0.25, 0.3) is 0 Å². The molecule has 0 saturated heterocycles. The van der Waals surface area contributed by atoms with Gasteiger partial charge in [0.05, 0.1) is 21.7 Å². The highest BCUT2D eigenvalue weighted by atomic mass is 35.5. The average Bonchev–Trinajstić information content (AvgIpc) is 2.57. The molecule has 0 aliphatic carbocycles. The Morgan fingerprint density at radius 1 is 1.36 bits per heavy atom. The van der Waals surface area contributed by atoms with E-state index >= 15 is 0 Å². The maximum absolute atomic E-state index is 13.7. The van der Waals surface area contributed by atoms with Crippen molar-refractivity contribution in [1.82, 2.24) is 4.90 Å². The van der Waals surface area contributed by atoms with Crippen LogP contribution in [0.1, 0.15) is 12.5 Å². The first-order valence-electron chi connectivity index (χ1n) is 7.48. The van der Waals surface area contributed by atoms with Gasteiger partial charge in [0.1, 0.15) is 5.82 Å². The molecule has 132 valence electrons. The summed E-state index contributed by atoms with van der Waals surface area (Å²) >= 11 is 5.98. The van der Waals surface area contributed by atoms with Gasteiger partial charge in [-0.3, -0.25) is 19.8 Å². The number of rotatable bonds is 6. The highest BCUT2D eigenvalue weighted by Gasteiger charge is 2.21. The lowest BCUT2D eigenvalue weighted by atomic mass is 10.1. The van der Waals surface area contributed by atoms with E-state index < -0.39 is 16.9 Å². The van der Waals surface area contributed by atoms with E-state index in [4.69, 9.17) is 11.6 Å². The van der Waals surface area contributed by atoms with Crippen molar-refractivity contribution in [1.29, 1.82) is 0 Å². The molecule has 0 aromatic heterocycles. The third-order valence-electron chi connectivity index (χ3n) is 3.84. The molecular weight excluding hydrogens is 349 g/mol. The summed E-state index contributed by atoms with van der Waals surface area (Å²) < 4.78 is 13.7. The van der Waals surface area contributed by atoms with Gasteiger partial charge in [-0.15, -0.1) is 0 Å². The Balaban J connectivity index is 2.08. The number of halogens is 2. The zero-order chi connectivity index (χ0) is 18.6. The number of nitro groups is 1. The van der Waals surface area contributed by atoms with Crippen molar-refractivity contribution in [3.63, 3.8) is 0 Å². The van der Waals surface area contributed by atoms with Crippen molar-refractivity contribution >= 4 is 28.9 Å². The molecule has 0 fully saturated rings. The molecule has 2 rings (SSSR count). The zero-order valence-corrected chi connectivity index (χ0v) is 14.5. The molecular formula is C17H17ClFN3O3. The van der Waals surface area contributed by atoms with E-state index in [2.05, 4.69) is 5.32 Å². The van der Waals surface area contributed by atoms with Crippen LogP contribution in [0, 0.1) is 15.9 Å². The monoisotopic (exact) mass is 365 g/mol. The number of carbonyl (C=O) groups is 1. The molecule has 2 aromatic rings. The fourth-order valence-electron chi connectivity index (χ4n) is 2.19. The van der Waals surface area contributed by atoms with E-state index in [9.17, 15) is 19.3 Å². The molecule has 2 aromatic carbocycles. The van der Waals surface area contributed by atoms with Gasteiger partial charge in [-0.2, -0.15) is 0 Å². The molecule has 0 aliphatic heterocycles. The number of non-ortho nitro benzene ring substituents is 1. The summed E-state index contributed by atoms with van der Waals surface area (Å²) in [7, 11) is 1.69. The number of hydrogen-bond donors (Lipinski definition) is 1. The van der Waals surface area contributed by atoms with E-state index in [0.29, 0.717) is 5.56 Å². The van der Waals surface area contributed by atoms with Crippen molar-refractivity contribution in [2.75, 3.05) is 12.4 Å². The minimum atomic E-state index is -0.602. The maximum Gasteiger partial charge on any atom is 0.271 e. The van der Waals surface area contributed by atoms with Crippen LogP contribution in [-0.2, 0) is 11.3 Å². The standard InChI is InChI=1S/C17H17ClFN3O3/c1-11(21(2)10-12-5-3-4-6-15(12)19)17(23)20-16-9-13(22(24)25)7-8-14(16)18/h3-9,11H,10H2,1-2H3,(H,20,23). The number of nitrogens with zero attached hydrogens (tertiary/aromatic N) is 2. The summed E-state index contributed by atoms with van der Waals surface area (Å²) in [6, 6.07) is 9.53. The second kappa shape index (κ2) is 8.04. The number of carbonyl (C=O) groups excluding carboxylic acids is 1. The van der Waals surface area contributed by atoms with Crippen LogP contribution < -0.4 is 5.32 Å². The van der Waals surface area contributed by atoms with Crippen LogP contribution in [0.3, 0.4) is 0 Å². The molecule has 8 heteroatoms. The minimum Gasteiger partial charge on any atom is -0.323 e. The Labute approximate surface area is 149 Å². The first-order valence-corrected chi connectivity index (χ1v) is 7.86. The van der Waals surface area contributed by atoms with Gasteiger partial charge in [0.2, 0.25) is 5.91 Å². The fourth-order valence-corrected chi connectivity index (χ4v) is 2.36. The topological polar surface area (TPSA) is 75.5 Å². The van der Waals surface area contributed by atoms with E-state index in [-0.39, 0.29) is 28.8 Å².